The van der Waals surface area contributed by atoms with Gasteiger partial charge in [-0.1, -0.05) is 48.0 Å². The van der Waals surface area contributed by atoms with Crippen molar-refractivity contribution in [2.75, 3.05) is 10.2 Å². The predicted molar refractivity (Wildman–Crippen MR) is 137 cm³/mol. The van der Waals surface area contributed by atoms with Crippen LogP contribution in [0.3, 0.4) is 0 Å². The van der Waals surface area contributed by atoms with Gasteiger partial charge >= 0.3 is 0 Å². The molecular weight excluding hydrogens is 446 g/mol. The van der Waals surface area contributed by atoms with Gasteiger partial charge in [0.05, 0.1) is 17.1 Å². The second-order valence-electron chi connectivity index (χ2n) is 7.48. The molecule has 6 nitrogen and oxygen atoms in total. The maximum atomic E-state index is 12.6. The average Bonchev–Trinajstić information content (AvgIpc) is 3.29. The van der Waals surface area contributed by atoms with Gasteiger partial charge in [-0.05, 0) is 49.4 Å². The number of carbonyl (C=O) groups is 2. The Kier molecular flexibility index (Phi) is 7.15. The van der Waals surface area contributed by atoms with Crippen molar-refractivity contribution in [2.45, 2.75) is 13.8 Å². The Morgan fingerprint density at radius 2 is 1.68 bits per heavy atom. The molecule has 2 amide bonds. The second-order valence-corrected chi connectivity index (χ2v) is 8.32. The fourth-order valence-electron chi connectivity index (χ4n) is 3.19. The number of hydrogen-bond acceptors (Lipinski definition) is 5. The van der Waals surface area contributed by atoms with Crippen LogP contribution in [-0.2, 0) is 9.59 Å². The first kappa shape index (κ1) is 22.9. The summed E-state index contributed by atoms with van der Waals surface area (Å²) in [5, 5.41) is 5.18. The van der Waals surface area contributed by atoms with Gasteiger partial charge in [0.2, 0.25) is 11.8 Å². The number of ether oxygens (including phenoxy) is 1. The SMILES string of the molecule is CC(=O)N(c1ccccc1)c1nc(C=CC(=O)Nc2ccccc2Oc2ccc(C)cc2)cs1. The molecule has 0 aliphatic carbocycles. The van der Waals surface area contributed by atoms with Gasteiger partial charge in [-0.3, -0.25) is 14.5 Å². The molecule has 7 heteroatoms. The van der Waals surface area contributed by atoms with E-state index in [-0.39, 0.29) is 11.8 Å². The van der Waals surface area contributed by atoms with E-state index in [0.717, 1.165) is 11.3 Å². The smallest absolute Gasteiger partial charge is 0.248 e. The van der Waals surface area contributed by atoms with E-state index in [2.05, 4.69) is 10.3 Å². The predicted octanol–water partition coefficient (Wildman–Crippen LogP) is 6.58. The largest absolute Gasteiger partial charge is 0.455 e. The van der Waals surface area contributed by atoms with Crippen LogP contribution in [0.2, 0.25) is 0 Å². The molecule has 0 saturated carbocycles. The molecule has 1 N–H and O–H groups in total. The Morgan fingerprint density at radius 1 is 0.971 bits per heavy atom. The Morgan fingerprint density at radius 3 is 2.41 bits per heavy atom. The third-order valence-electron chi connectivity index (χ3n) is 4.83. The molecular formula is C27H23N3O3S. The highest BCUT2D eigenvalue weighted by Crippen LogP contribution is 2.30. The summed E-state index contributed by atoms with van der Waals surface area (Å²) < 4.78 is 5.94. The topological polar surface area (TPSA) is 71.5 Å². The van der Waals surface area contributed by atoms with E-state index < -0.39 is 0 Å². The van der Waals surface area contributed by atoms with E-state index in [1.807, 2.05) is 73.7 Å². The normalized spacial score (nSPS) is 10.8. The van der Waals surface area contributed by atoms with Gasteiger partial charge in [-0.25, -0.2) is 4.98 Å². The number of amides is 2. The Balaban J connectivity index is 1.45. The Bertz CT molecular complexity index is 1310. The highest BCUT2D eigenvalue weighted by Gasteiger charge is 2.17. The molecule has 0 unspecified atom stereocenters. The summed E-state index contributed by atoms with van der Waals surface area (Å²) in [5.74, 6) is 0.773. The van der Waals surface area contributed by atoms with E-state index >= 15 is 0 Å². The minimum Gasteiger partial charge on any atom is -0.455 e. The lowest BCUT2D eigenvalue weighted by molar-refractivity contribution is -0.116. The molecule has 0 fully saturated rings. The van der Waals surface area contributed by atoms with Gasteiger partial charge in [0, 0.05) is 18.4 Å². The summed E-state index contributed by atoms with van der Waals surface area (Å²) in [5.41, 5.74) is 3.02. The number of aryl methyl sites for hydroxylation is 1. The summed E-state index contributed by atoms with van der Waals surface area (Å²) in [6, 6.07) is 24.3. The van der Waals surface area contributed by atoms with Crippen LogP contribution in [0, 0.1) is 6.92 Å². The summed E-state index contributed by atoms with van der Waals surface area (Å²) in [6.07, 6.45) is 3.02. The standard InChI is InChI=1S/C27H23N3O3S/c1-19-12-15-23(16-13-19)33-25-11-7-6-10-24(25)29-26(32)17-14-21-18-34-27(28-21)30(20(2)31)22-8-4-3-5-9-22/h3-18H,1-2H3,(H,29,32). The third kappa shape index (κ3) is 5.76. The summed E-state index contributed by atoms with van der Waals surface area (Å²) in [6.45, 7) is 3.50. The fourth-order valence-corrected chi connectivity index (χ4v) is 4.04. The molecule has 0 aliphatic heterocycles. The van der Waals surface area contributed by atoms with Crippen molar-refractivity contribution >= 4 is 45.7 Å². The first-order valence-corrected chi connectivity index (χ1v) is 11.5. The molecule has 0 spiro atoms. The number of carbonyl (C=O) groups excluding carboxylic acids is 2. The number of hydrogen-bond donors (Lipinski definition) is 1. The van der Waals surface area contributed by atoms with E-state index in [0.29, 0.717) is 28.0 Å². The van der Waals surface area contributed by atoms with Crippen LogP contribution in [0.15, 0.2) is 90.3 Å². The number of aromatic nitrogens is 1. The molecule has 0 atom stereocenters. The van der Waals surface area contributed by atoms with Crippen molar-refractivity contribution in [3.8, 4) is 11.5 Å². The van der Waals surface area contributed by atoms with E-state index in [4.69, 9.17) is 4.74 Å². The molecule has 1 heterocycles. The zero-order chi connectivity index (χ0) is 23.9. The molecule has 0 saturated heterocycles. The molecule has 0 bridgehead atoms. The molecule has 4 aromatic rings. The molecule has 170 valence electrons. The zero-order valence-electron chi connectivity index (χ0n) is 18.8. The van der Waals surface area contributed by atoms with Crippen molar-refractivity contribution in [3.05, 3.63) is 102 Å². The quantitative estimate of drug-likeness (QED) is 0.310. The van der Waals surface area contributed by atoms with Gasteiger partial charge in [-0.15, -0.1) is 11.3 Å². The molecule has 34 heavy (non-hydrogen) atoms. The lowest BCUT2D eigenvalue weighted by Crippen LogP contribution is -2.22. The van der Waals surface area contributed by atoms with Crippen molar-refractivity contribution in [3.63, 3.8) is 0 Å². The van der Waals surface area contributed by atoms with Gasteiger partial charge in [0.25, 0.3) is 0 Å². The number of benzene rings is 3. The van der Waals surface area contributed by atoms with E-state index in [1.54, 1.807) is 28.5 Å². The van der Waals surface area contributed by atoms with Crippen molar-refractivity contribution < 1.29 is 14.3 Å². The molecule has 3 aromatic carbocycles. The lowest BCUT2D eigenvalue weighted by atomic mass is 10.2. The third-order valence-corrected chi connectivity index (χ3v) is 5.67. The first-order chi connectivity index (χ1) is 16.5. The number of nitrogens with one attached hydrogen (secondary N) is 1. The minimum absolute atomic E-state index is 0.140. The van der Waals surface area contributed by atoms with Crippen molar-refractivity contribution in [1.82, 2.24) is 4.98 Å². The maximum absolute atomic E-state index is 12.6. The number of rotatable bonds is 7. The summed E-state index contributed by atoms with van der Waals surface area (Å²) in [4.78, 5) is 30.8. The molecule has 0 aliphatic rings. The maximum Gasteiger partial charge on any atom is 0.248 e. The van der Waals surface area contributed by atoms with E-state index in [9.17, 15) is 9.59 Å². The van der Waals surface area contributed by atoms with Crippen LogP contribution in [-0.4, -0.2) is 16.8 Å². The second kappa shape index (κ2) is 10.6. The molecule has 0 radical (unpaired) electrons. The van der Waals surface area contributed by atoms with Crippen LogP contribution >= 0.6 is 11.3 Å². The van der Waals surface area contributed by atoms with E-state index in [1.165, 1.54) is 24.3 Å². The number of para-hydroxylation sites is 3. The summed E-state index contributed by atoms with van der Waals surface area (Å²) >= 11 is 1.33. The van der Waals surface area contributed by atoms with Gasteiger partial charge in [-0.2, -0.15) is 0 Å². The van der Waals surface area contributed by atoms with Crippen molar-refractivity contribution in [1.29, 1.82) is 0 Å². The zero-order valence-corrected chi connectivity index (χ0v) is 19.6. The highest BCUT2D eigenvalue weighted by atomic mass is 32.1. The number of anilines is 3. The number of nitrogens with zero attached hydrogens (tertiary/aromatic N) is 2. The average molecular weight is 470 g/mol. The summed E-state index contributed by atoms with van der Waals surface area (Å²) in [7, 11) is 0. The van der Waals surface area contributed by atoms with Gasteiger partial charge in [0.1, 0.15) is 5.75 Å². The Hall–Kier alpha value is -4.23. The molecule has 4 rings (SSSR count). The fraction of sp³-hybridized carbons (Fsp3) is 0.0741. The lowest BCUT2D eigenvalue weighted by Gasteiger charge is -2.17. The monoisotopic (exact) mass is 469 g/mol. The van der Waals surface area contributed by atoms with Gasteiger partial charge in [0.15, 0.2) is 10.9 Å². The Labute approximate surface area is 202 Å². The highest BCUT2D eigenvalue weighted by molar-refractivity contribution is 7.14. The van der Waals surface area contributed by atoms with Gasteiger partial charge < -0.3 is 10.1 Å². The van der Waals surface area contributed by atoms with Crippen LogP contribution in [0.1, 0.15) is 18.2 Å². The van der Waals surface area contributed by atoms with Crippen molar-refractivity contribution in [2.24, 2.45) is 0 Å². The van der Waals surface area contributed by atoms with Crippen LogP contribution < -0.4 is 15.0 Å². The van der Waals surface area contributed by atoms with Crippen LogP contribution in [0.4, 0.5) is 16.5 Å². The first-order valence-electron chi connectivity index (χ1n) is 10.6. The minimum atomic E-state index is -0.319. The van der Waals surface area contributed by atoms with Crippen LogP contribution in [0.5, 0.6) is 11.5 Å². The number of thiazole rings is 1. The van der Waals surface area contributed by atoms with Crippen LogP contribution in [0.25, 0.3) is 6.08 Å². The molecule has 1 aromatic heterocycles.